The fourth-order valence-electron chi connectivity index (χ4n) is 3.47. The zero-order chi connectivity index (χ0) is 17.6. The Morgan fingerprint density at radius 2 is 1.80 bits per heavy atom. The molecular formula is C21H27NO3. The third-order valence-electron chi connectivity index (χ3n) is 5.03. The van der Waals surface area contributed by atoms with Gasteiger partial charge in [0, 0.05) is 6.54 Å². The summed E-state index contributed by atoms with van der Waals surface area (Å²) in [5.41, 5.74) is 2.30. The van der Waals surface area contributed by atoms with E-state index in [9.17, 15) is 10.2 Å². The number of nitrogens with zero attached hydrogens (tertiary/aromatic N) is 1. The topological polar surface area (TPSA) is 52.9 Å². The summed E-state index contributed by atoms with van der Waals surface area (Å²) in [4.78, 5) is 2.48. The van der Waals surface area contributed by atoms with Crippen molar-refractivity contribution in [3.63, 3.8) is 0 Å². The van der Waals surface area contributed by atoms with Crippen LogP contribution in [0.3, 0.4) is 0 Å². The zero-order valence-corrected chi connectivity index (χ0v) is 14.8. The number of aromatic hydroxyl groups is 2. The van der Waals surface area contributed by atoms with Crippen molar-refractivity contribution in [3.8, 4) is 17.2 Å². The molecular weight excluding hydrogens is 314 g/mol. The molecule has 1 fully saturated rings. The minimum absolute atomic E-state index is 0.0201. The number of ether oxygens (including phenoxy) is 1. The first-order chi connectivity index (χ1) is 12.1. The van der Waals surface area contributed by atoms with Crippen molar-refractivity contribution in [2.75, 3.05) is 26.2 Å². The van der Waals surface area contributed by atoms with Crippen LogP contribution in [0.5, 0.6) is 17.2 Å². The highest BCUT2D eigenvalue weighted by atomic mass is 16.5. The molecule has 3 rings (SSSR count). The zero-order valence-electron chi connectivity index (χ0n) is 14.8. The van der Waals surface area contributed by atoms with Crippen LogP contribution in [-0.2, 0) is 0 Å². The van der Waals surface area contributed by atoms with Crippen LogP contribution in [0, 0.1) is 6.92 Å². The summed E-state index contributed by atoms with van der Waals surface area (Å²) in [5.74, 6) is 1.38. The first kappa shape index (κ1) is 17.6. The molecule has 0 saturated carbocycles. The minimum Gasteiger partial charge on any atom is -0.504 e. The monoisotopic (exact) mass is 341 g/mol. The van der Waals surface area contributed by atoms with E-state index in [1.165, 1.54) is 5.56 Å². The van der Waals surface area contributed by atoms with E-state index >= 15 is 0 Å². The van der Waals surface area contributed by atoms with E-state index in [4.69, 9.17) is 4.74 Å². The number of benzene rings is 2. The molecule has 0 amide bonds. The Hall–Kier alpha value is -2.20. The van der Waals surface area contributed by atoms with E-state index in [1.54, 1.807) is 12.1 Å². The van der Waals surface area contributed by atoms with Crippen molar-refractivity contribution in [1.29, 1.82) is 0 Å². The van der Waals surface area contributed by atoms with Crippen LogP contribution in [0.1, 0.15) is 36.3 Å². The predicted octanol–water partition coefficient (Wildman–Crippen LogP) is 4.05. The lowest BCUT2D eigenvalue weighted by Crippen LogP contribution is -2.34. The second-order valence-electron chi connectivity index (χ2n) is 6.83. The summed E-state index contributed by atoms with van der Waals surface area (Å²) in [6, 6.07) is 13.3. The van der Waals surface area contributed by atoms with Gasteiger partial charge in [-0.05, 0) is 74.5 Å². The number of likely N-dealkylation sites (tertiary alicyclic amines) is 1. The van der Waals surface area contributed by atoms with Gasteiger partial charge >= 0.3 is 0 Å². The molecule has 0 radical (unpaired) electrons. The summed E-state index contributed by atoms with van der Waals surface area (Å²) < 4.78 is 5.86. The fourth-order valence-corrected chi connectivity index (χ4v) is 3.47. The molecule has 2 aromatic rings. The minimum atomic E-state index is -0.0464. The van der Waals surface area contributed by atoms with Crippen LogP contribution in [0.4, 0.5) is 0 Å². The molecule has 2 aromatic carbocycles. The van der Waals surface area contributed by atoms with Crippen LogP contribution < -0.4 is 4.74 Å². The van der Waals surface area contributed by atoms with Gasteiger partial charge in [-0.2, -0.15) is 0 Å². The molecule has 0 aliphatic carbocycles. The number of rotatable bonds is 6. The molecule has 4 heteroatoms. The predicted molar refractivity (Wildman–Crippen MR) is 99.5 cm³/mol. The highest BCUT2D eigenvalue weighted by molar-refractivity contribution is 5.41. The maximum absolute atomic E-state index is 9.67. The standard InChI is InChI=1S/C21H27NO3/c1-16-5-2-3-6-21(16)25-14-4-11-22-12-9-17(10-13-22)18-7-8-19(23)20(24)15-18/h2-3,5-8,15,17,23-24H,4,9-14H2,1H3. The Morgan fingerprint density at radius 1 is 1.04 bits per heavy atom. The average Bonchev–Trinajstić information content (AvgIpc) is 2.63. The Kier molecular flexibility index (Phi) is 5.82. The van der Waals surface area contributed by atoms with Crippen molar-refractivity contribution >= 4 is 0 Å². The lowest BCUT2D eigenvalue weighted by Gasteiger charge is -2.32. The van der Waals surface area contributed by atoms with Gasteiger partial charge in [0.1, 0.15) is 5.75 Å². The number of piperidine rings is 1. The number of phenols is 2. The van der Waals surface area contributed by atoms with E-state index in [0.29, 0.717) is 5.92 Å². The Bertz CT molecular complexity index is 693. The molecule has 4 nitrogen and oxygen atoms in total. The second-order valence-corrected chi connectivity index (χ2v) is 6.83. The summed E-state index contributed by atoms with van der Waals surface area (Å²) in [6.07, 6.45) is 3.20. The van der Waals surface area contributed by atoms with Crippen LogP contribution in [0.2, 0.25) is 0 Å². The second kappa shape index (κ2) is 8.26. The Labute approximate surface area is 149 Å². The number of phenolic OH excluding ortho intramolecular Hbond substituents is 2. The number of aryl methyl sites for hydroxylation is 1. The molecule has 0 atom stereocenters. The highest BCUT2D eigenvalue weighted by Gasteiger charge is 2.21. The summed E-state index contributed by atoms with van der Waals surface area (Å²) >= 11 is 0. The molecule has 0 spiro atoms. The van der Waals surface area contributed by atoms with Crippen LogP contribution >= 0.6 is 0 Å². The molecule has 0 bridgehead atoms. The SMILES string of the molecule is Cc1ccccc1OCCCN1CCC(c2ccc(O)c(O)c2)CC1. The van der Waals surface area contributed by atoms with Crippen molar-refractivity contribution < 1.29 is 14.9 Å². The smallest absolute Gasteiger partial charge is 0.157 e. The van der Waals surface area contributed by atoms with Crippen molar-refractivity contribution in [1.82, 2.24) is 4.90 Å². The molecule has 0 unspecified atom stereocenters. The molecule has 1 heterocycles. The normalized spacial score (nSPS) is 16.0. The number of hydrogen-bond acceptors (Lipinski definition) is 4. The Balaban J connectivity index is 1.39. The van der Waals surface area contributed by atoms with E-state index in [-0.39, 0.29) is 11.5 Å². The van der Waals surface area contributed by atoms with Gasteiger partial charge in [-0.25, -0.2) is 0 Å². The third kappa shape index (κ3) is 4.67. The van der Waals surface area contributed by atoms with Gasteiger partial charge in [0.25, 0.3) is 0 Å². The lowest BCUT2D eigenvalue weighted by molar-refractivity contribution is 0.192. The first-order valence-corrected chi connectivity index (χ1v) is 9.06. The van der Waals surface area contributed by atoms with Gasteiger partial charge < -0.3 is 19.8 Å². The van der Waals surface area contributed by atoms with E-state index in [2.05, 4.69) is 17.9 Å². The average molecular weight is 341 g/mol. The van der Waals surface area contributed by atoms with Gasteiger partial charge in [0.05, 0.1) is 6.61 Å². The van der Waals surface area contributed by atoms with Crippen molar-refractivity contribution in [3.05, 3.63) is 53.6 Å². The van der Waals surface area contributed by atoms with Crippen LogP contribution in [-0.4, -0.2) is 41.4 Å². The molecule has 134 valence electrons. The highest BCUT2D eigenvalue weighted by Crippen LogP contribution is 2.33. The Morgan fingerprint density at radius 3 is 2.52 bits per heavy atom. The fraction of sp³-hybridized carbons (Fsp3) is 0.429. The van der Waals surface area contributed by atoms with Crippen LogP contribution in [0.15, 0.2) is 42.5 Å². The third-order valence-corrected chi connectivity index (χ3v) is 5.03. The summed E-state index contributed by atoms with van der Waals surface area (Å²) in [6.45, 7) is 6.00. The van der Waals surface area contributed by atoms with E-state index in [1.807, 2.05) is 24.3 Å². The molecule has 1 aliphatic heterocycles. The molecule has 2 N–H and O–H groups in total. The van der Waals surface area contributed by atoms with Crippen molar-refractivity contribution in [2.45, 2.75) is 32.1 Å². The largest absolute Gasteiger partial charge is 0.504 e. The molecule has 1 saturated heterocycles. The van der Waals surface area contributed by atoms with Gasteiger partial charge in [-0.15, -0.1) is 0 Å². The maximum Gasteiger partial charge on any atom is 0.157 e. The molecule has 0 aromatic heterocycles. The maximum atomic E-state index is 9.67. The number of hydrogen-bond donors (Lipinski definition) is 2. The van der Waals surface area contributed by atoms with Crippen LogP contribution in [0.25, 0.3) is 0 Å². The van der Waals surface area contributed by atoms with Gasteiger partial charge in [0.15, 0.2) is 11.5 Å². The lowest BCUT2D eigenvalue weighted by atomic mass is 9.89. The quantitative estimate of drug-likeness (QED) is 0.615. The number of para-hydroxylation sites is 1. The van der Waals surface area contributed by atoms with Gasteiger partial charge in [-0.3, -0.25) is 0 Å². The van der Waals surface area contributed by atoms with Gasteiger partial charge in [-0.1, -0.05) is 24.3 Å². The van der Waals surface area contributed by atoms with Crippen molar-refractivity contribution in [2.24, 2.45) is 0 Å². The first-order valence-electron chi connectivity index (χ1n) is 9.06. The molecule has 25 heavy (non-hydrogen) atoms. The van der Waals surface area contributed by atoms with E-state index < -0.39 is 0 Å². The summed E-state index contributed by atoms with van der Waals surface area (Å²) in [5, 5.41) is 19.1. The summed E-state index contributed by atoms with van der Waals surface area (Å²) in [7, 11) is 0. The van der Waals surface area contributed by atoms with E-state index in [0.717, 1.165) is 56.8 Å². The van der Waals surface area contributed by atoms with Gasteiger partial charge in [0.2, 0.25) is 0 Å². The molecule has 1 aliphatic rings.